The van der Waals surface area contributed by atoms with Crippen LogP contribution in [0, 0.1) is 23.7 Å². The summed E-state index contributed by atoms with van der Waals surface area (Å²) < 4.78 is 14.4. The van der Waals surface area contributed by atoms with E-state index in [0.29, 0.717) is 25.7 Å². The maximum Gasteiger partial charge on any atom is 0.382 e. The molecule has 5 heteroatoms. The van der Waals surface area contributed by atoms with Crippen molar-refractivity contribution in [1.29, 1.82) is 0 Å². The summed E-state index contributed by atoms with van der Waals surface area (Å²) in [7, 11) is 0. The molecule has 0 radical (unpaired) electrons. The molecule has 1 rings (SSSR count). The van der Waals surface area contributed by atoms with Crippen LogP contribution in [0.4, 0.5) is 4.39 Å². The number of aliphatic hydroxyl groups excluding tert-OH is 1. The molecular formula is C21H31FO4. The monoisotopic (exact) mass is 366 g/mol. The van der Waals surface area contributed by atoms with Gasteiger partial charge in [-0.2, -0.15) is 0 Å². The van der Waals surface area contributed by atoms with E-state index >= 15 is 0 Å². The number of carboxylic acid groups (broad SMARTS) is 1. The predicted molar refractivity (Wildman–Crippen MR) is 99.3 cm³/mol. The number of hydrogen-bond donors (Lipinski definition) is 2. The van der Waals surface area contributed by atoms with Gasteiger partial charge in [-0.25, -0.2) is 9.18 Å². The van der Waals surface area contributed by atoms with Crippen LogP contribution in [0.3, 0.4) is 0 Å². The van der Waals surface area contributed by atoms with Gasteiger partial charge in [0.25, 0.3) is 0 Å². The first kappa shape index (κ1) is 22.4. The summed E-state index contributed by atoms with van der Waals surface area (Å²) in [6.45, 7) is 3.73. The first-order valence-corrected chi connectivity index (χ1v) is 9.56. The Kier molecular flexibility index (Phi) is 9.58. The molecule has 1 aliphatic rings. The number of Topliss-reactive ketones (excluding diaryl/α,β-unsaturated/α-hetero) is 1. The quantitative estimate of drug-likeness (QED) is 0.451. The average molecular weight is 366 g/mol. The van der Waals surface area contributed by atoms with E-state index in [1.165, 1.54) is 6.08 Å². The summed E-state index contributed by atoms with van der Waals surface area (Å²) in [4.78, 5) is 22.4. The lowest BCUT2D eigenvalue weighted by atomic mass is 9.85. The second-order valence-corrected chi connectivity index (χ2v) is 7.46. The molecule has 0 aliphatic heterocycles. The third kappa shape index (κ3) is 8.62. The molecule has 0 amide bonds. The maximum absolute atomic E-state index is 14.4. The van der Waals surface area contributed by atoms with Crippen LogP contribution in [0.2, 0.25) is 0 Å². The molecule has 0 aromatic heterocycles. The number of rotatable bonds is 10. The first-order chi connectivity index (χ1) is 12.2. The molecule has 0 aromatic carbocycles. The van der Waals surface area contributed by atoms with E-state index in [-0.39, 0.29) is 17.6 Å². The highest BCUT2D eigenvalue weighted by Gasteiger charge is 2.33. The fraction of sp³-hybridized carbons (Fsp3) is 0.714. The largest absolute Gasteiger partial charge is 0.472 e. The Balaban J connectivity index is 2.46. The minimum Gasteiger partial charge on any atom is -0.472 e. The molecule has 0 heterocycles. The second-order valence-electron chi connectivity index (χ2n) is 7.46. The third-order valence-corrected chi connectivity index (χ3v) is 5.10. The number of unbranched alkanes of at least 4 members (excludes halogenated alkanes) is 1. The number of carboxylic acids is 1. The van der Waals surface area contributed by atoms with Gasteiger partial charge in [-0.05, 0) is 57.4 Å². The summed E-state index contributed by atoms with van der Waals surface area (Å²) in [5.74, 6) is 3.15. The van der Waals surface area contributed by atoms with Crippen LogP contribution in [0.5, 0.6) is 0 Å². The molecule has 0 aromatic rings. The minimum absolute atomic E-state index is 0.0904. The zero-order valence-electron chi connectivity index (χ0n) is 15.8. The van der Waals surface area contributed by atoms with Crippen LogP contribution < -0.4 is 0 Å². The van der Waals surface area contributed by atoms with Crippen LogP contribution in [-0.4, -0.2) is 33.7 Å². The van der Waals surface area contributed by atoms with Crippen LogP contribution in [0.1, 0.15) is 71.6 Å². The standard InChI is InChI=1S/C21H31FO4/c1-3-4-14-21(2,22)15-6-7-16-10-12-19(24)18(16)9-5-8-17(23)11-13-20(25)26/h5,8,16-18,23H,3-4,6-7,9-10,12,14-15H2,1-2H3,(H,25,26)/t16-,17?,18+,21+/m0/s1. The molecule has 1 unspecified atom stereocenters. The first-order valence-electron chi connectivity index (χ1n) is 9.56. The number of alkyl halides is 1. The van der Waals surface area contributed by atoms with Gasteiger partial charge in [0, 0.05) is 18.3 Å². The van der Waals surface area contributed by atoms with Gasteiger partial charge in [-0.3, -0.25) is 4.79 Å². The average Bonchev–Trinajstić information content (AvgIpc) is 2.91. The van der Waals surface area contributed by atoms with Crippen LogP contribution in [0.15, 0.2) is 12.2 Å². The van der Waals surface area contributed by atoms with Crippen molar-refractivity contribution in [1.82, 2.24) is 0 Å². The molecule has 26 heavy (non-hydrogen) atoms. The highest BCUT2D eigenvalue weighted by atomic mass is 19.1. The molecule has 1 aliphatic carbocycles. The van der Waals surface area contributed by atoms with Gasteiger partial charge in [0.1, 0.15) is 17.6 Å². The topological polar surface area (TPSA) is 74.6 Å². The summed E-state index contributed by atoms with van der Waals surface area (Å²) >= 11 is 0. The number of allylic oxidation sites excluding steroid dienone is 1. The third-order valence-electron chi connectivity index (χ3n) is 5.10. The van der Waals surface area contributed by atoms with E-state index in [9.17, 15) is 19.1 Å². The smallest absolute Gasteiger partial charge is 0.382 e. The molecule has 0 saturated heterocycles. The van der Waals surface area contributed by atoms with E-state index in [1.54, 1.807) is 13.0 Å². The van der Waals surface area contributed by atoms with Gasteiger partial charge in [0.15, 0.2) is 0 Å². The number of ketones is 1. The molecule has 4 atom stereocenters. The van der Waals surface area contributed by atoms with Gasteiger partial charge in [0.2, 0.25) is 0 Å². The van der Waals surface area contributed by atoms with Crippen molar-refractivity contribution in [3.05, 3.63) is 12.2 Å². The Morgan fingerprint density at radius 2 is 2.12 bits per heavy atom. The van der Waals surface area contributed by atoms with Gasteiger partial charge in [-0.15, -0.1) is 0 Å². The number of hydrogen-bond acceptors (Lipinski definition) is 3. The SMILES string of the molecule is CCCC[C@@](C)(F)CCC[C@H]1CCC(=O)[C@@H]1CC=CC(O)C#CC(=O)O. The van der Waals surface area contributed by atoms with Gasteiger partial charge < -0.3 is 10.2 Å². The zero-order valence-corrected chi connectivity index (χ0v) is 15.8. The van der Waals surface area contributed by atoms with Gasteiger partial charge in [0.05, 0.1) is 0 Å². The highest BCUT2D eigenvalue weighted by Crippen LogP contribution is 2.36. The van der Waals surface area contributed by atoms with Gasteiger partial charge >= 0.3 is 5.97 Å². The van der Waals surface area contributed by atoms with Crippen molar-refractivity contribution < 1.29 is 24.2 Å². The van der Waals surface area contributed by atoms with E-state index in [2.05, 4.69) is 12.8 Å². The number of halogens is 1. The lowest BCUT2D eigenvalue weighted by Gasteiger charge is -2.22. The molecular weight excluding hydrogens is 335 g/mol. The molecule has 0 bridgehead atoms. The second kappa shape index (κ2) is 11.1. The number of carbonyl (C=O) groups excluding carboxylic acids is 1. The summed E-state index contributed by atoms with van der Waals surface area (Å²) in [6, 6.07) is 0. The van der Waals surface area contributed by atoms with Crippen molar-refractivity contribution in [2.75, 3.05) is 0 Å². The predicted octanol–water partition coefficient (Wildman–Crippen LogP) is 4.07. The molecule has 2 N–H and O–H groups in total. The summed E-state index contributed by atoms with van der Waals surface area (Å²) in [5, 5.41) is 18.0. The van der Waals surface area contributed by atoms with E-state index in [0.717, 1.165) is 32.1 Å². The van der Waals surface area contributed by atoms with E-state index in [1.807, 2.05) is 5.92 Å². The molecule has 1 fully saturated rings. The highest BCUT2D eigenvalue weighted by molar-refractivity contribution is 5.86. The van der Waals surface area contributed by atoms with E-state index < -0.39 is 17.7 Å². The molecule has 146 valence electrons. The van der Waals surface area contributed by atoms with Crippen molar-refractivity contribution >= 4 is 11.8 Å². The molecule has 1 saturated carbocycles. The normalized spacial score (nSPS) is 23.5. The van der Waals surface area contributed by atoms with Crippen molar-refractivity contribution in [2.24, 2.45) is 11.8 Å². The maximum atomic E-state index is 14.4. The van der Waals surface area contributed by atoms with Crippen LogP contribution in [-0.2, 0) is 9.59 Å². The lowest BCUT2D eigenvalue weighted by Crippen LogP contribution is -2.19. The Hall–Kier alpha value is -1.67. The zero-order chi connectivity index (χ0) is 19.6. The van der Waals surface area contributed by atoms with Crippen LogP contribution in [0.25, 0.3) is 0 Å². The summed E-state index contributed by atoms with van der Waals surface area (Å²) in [5.41, 5.74) is -1.12. The molecule has 0 spiro atoms. The summed E-state index contributed by atoms with van der Waals surface area (Å²) in [6.07, 6.45) is 8.53. The number of aliphatic hydroxyl groups is 1. The Morgan fingerprint density at radius 3 is 2.77 bits per heavy atom. The fourth-order valence-corrected chi connectivity index (χ4v) is 3.59. The molecule has 4 nitrogen and oxygen atoms in total. The van der Waals surface area contributed by atoms with Crippen LogP contribution >= 0.6 is 0 Å². The number of aliphatic carboxylic acids is 1. The van der Waals surface area contributed by atoms with Crippen molar-refractivity contribution in [3.63, 3.8) is 0 Å². The van der Waals surface area contributed by atoms with Gasteiger partial charge in [-0.1, -0.05) is 31.8 Å². The lowest BCUT2D eigenvalue weighted by molar-refractivity contribution is -0.130. The number of carbonyl (C=O) groups is 2. The van der Waals surface area contributed by atoms with Crippen molar-refractivity contribution in [3.8, 4) is 11.8 Å². The Morgan fingerprint density at radius 1 is 1.42 bits per heavy atom. The minimum atomic E-state index is -1.29. The Bertz CT molecular complexity index is 556. The van der Waals surface area contributed by atoms with E-state index in [4.69, 9.17) is 5.11 Å². The fourth-order valence-electron chi connectivity index (χ4n) is 3.59. The Labute approximate surface area is 155 Å². The van der Waals surface area contributed by atoms with Crippen molar-refractivity contribution in [2.45, 2.75) is 83.4 Å².